The van der Waals surface area contributed by atoms with Crippen LogP contribution in [0, 0.1) is 0 Å². The Hall–Kier alpha value is -6.72. The summed E-state index contributed by atoms with van der Waals surface area (Å²) in [4.78, 5) is 24.7. The number of rotatable bonds is 5. The molecule has 5 heteroatoms. The molecule has 9 rings (SSSR count). The van der Waals surface area contributed by atoms with Crippen LogP contribution in [0.25, 0.3) is 11.1 Å². The van der Waals surface area contributed by atoms with Crippen molar-refractivity contribution in [1.29, 1.82) is 0 Å². The van der Waals surface area contributed by atoms with Crippen molar-refractivity contribution in [3.05, 3.63) is 213 Å². The van der Waals surface area contributed by atoms with Crippen LogP contribution in [0.1, 0.15) is 169 Å². The van der Waals surface area contributed by atoms with E-state index < -0.39 is 0 Å². The quantitative estimate of drug-likeness (QED) is 0.197. The zero-order valence-electron chi connectivity index (χ0n) is 47.0. The summed E-state index contributed by atoms with van der Waals surface area (Å²) < 4.78 is 0. The molecule has 0 radical (unpaired) electrons. The van der Waals surface area contributed by atoms with E-state index in [0.717, 1.165) is 85.0 Å². The SMILES string of the molecule is CC(C)(C)c1ccc(N(C2=C3C=CC(=N3)C(c3cc(C(C)(C)C)cc(C(C)(C)C)c3)=C3C=CC(=N3)C=C3C=CC(=N3)C(c3cc(C(C)(C)C)cc(C(C)(C)C)c3)=C3C=CC2=N3)c2ccc(C(C)(C)C)cc2)cc1. The Bertz CT molecular complexity index is 3120. The van der Waals surface area contributed by atoms with E-state index >= 15 is 0 Å². The van der Waals surface area contributed by atoms with E-state index in [-0.39, 0.29) is 32.5 Å². The van der Waals surface area contributed by atoms with Gasteiger partial charge in [0.1, 0.15) is 0 Å². The monoisotopic (exact) mass is 964 g/mol. The van der Waals surface area contributed by atoms with Gasteiger partial charge in [-0.1, -0.05) is 185 Å². The van der Waals surface area contributed by atoms with Crippen LogP contribution in [-0.2, 0) is 32.5 Å². The summed E-state index contributed by atoms with van der Waals surface area (Å²) in [7, 11) is 0. The number of anilines is 2. The molecule has 73 heavy (non-hydrogen) atoms. The normalized spacial score (nSPS) is 17.2. The van der Waals surface area contributed by atoms with E-state index in [1.54, 1.807) is 0 Å². The lowest BCUT2D eigenvalue weighted by molar-refractivity contribution is 0.567. The second-order valence-corrected chi connectivity index (χ2v) is 26.7. The van der Waals surface area contributed by atoms with E-state index in [9.17, 15) is 0 Å². The van der Waals surface area contributed by atoms with Gasteiger partial charge in [-0.15, -0.1) is 0 Å². The topological polar surface area (TPSA) is 52.7 Å². The zero-order valence-corrected chi connectivity index (χ0v) is 47.0. The maximum atomic E-state index is 5.76. The molecular weight excluding hydrogens is 887 g/mol. The Kier molecular flexibility index (Phi) is 12.7. The summed E-state index contributed by atoms with van der Waals surface area (Å²) in [5, 5.41) is 0. The van der Waals surface area contributed by atoms with Crippen LogP contribution in [0.2, 0.25) is 0 Å². The minimum atomic E-state index is -0.0923. The highest BCUT2D eigenvalue weighted by Gasteiger charge is 2.32. The van der Waals surface area contributed by atoms with Gasteiger partial charge in [0.05, 0.1) is 51.3 Å². The smallest absolute Gasteiger partial charge is 0.0979 e. The van der Waals surface area contributed by atoms with Gasteiger partial charge in [-0.05, 0) is 156 Å². The van der Waals surface area contributed by atoms with Crippen molar-refractivity contribution in [2.75, 3.05) is 4.90 Å². The Labute approximate surface area is 437 Å². The fourth-order valence-corrected chi connectivity index (χ4v) is 9.73. The average molecular weight is 964 g/mol. The molecule has 0 atom stereocenters. The van der Waals surface area contributed by atoms with E-state index in [4.69, 9.17) is 20.0 Å². The molecule has 0 saturated heterocycles. The second kappa shape index (κ2) is 18.0. The highest BCUT2D eigenvalue weighted by molar-refractivity contribution is 6.34. The molecule has 5 aliphatic rings. The first kappa shape index (κ1) is 51.2. The van der Waals surface area contributed by atoms with Crippen molar-refractivity contribution in [3.8, 4) is 0 Å². The molecular formula is C68H77N5. The Morgan fingerprint density at radius 2 is 0.671 bits per heavy atom. The summed E-state index contributed by atoms with van der Waals surface area (Å²) in [6, 6.07) is 32.3. The molecule has 0 spiro atoms. The molecule has 4 aromatic carbocycles. The summed E-state index contributed by atoms with van der Waals surface area (Å²) in [5.74, 6) is 0. The largest absolute Gasteiger partial charge is 0.307 e. The van der Waals surface area contributed by atoms with Crippen LogP contribution in [-0.4, -0.2) is 22.8 Å². The Balaban J connectivity index is 1.39. The number of hydrogen-bond acceptors (Lipinski definition) is 5. The standard InChI is InChI=1S/C68H77N5/c1-63(2,3)44-19-25-52(26-20-44)73(53-27-21-45(22-28-53)64(4,5)6)62-58-33-31-56(71-58)60(42-35-46(65(7,8)9)39-47(36-42)66(10,11)12)54-29-23-50(69-54)41-51-24-30-55(70-51)61(57-32-34-59(62)72-57)43-37-48(67(13,14)15)40-49(38-43)68(16,17)18/h19-41H,1-18H3. The molecule has 0 aliphatic carbocycles. The van der Waals surface area contributed by atoms with Crippen LogP contribution < -0.4 is 4.90 Å². The maximum absolute atomic E-state index is 5.76. The zero-order chi connectivity index (χ0) is 52.8. The van der Waals surface area contributed by atoms with Crippen molar-refractivity contribution in [2.24, 2.45) is 20.0 Å². The molecule has 4 aromatic rings. The van der Waals surface area contributed by atoms with Gasteiger partial charge in [-0.2, -0.15) is 0 Å². The van der Waals surface area contributed by atoms with Gasteiger partial charge in [0.2, 0.25) is 0 Å². The van der Waals surface area contributed by atoms with Crippen LogP contribution in [0.5, 0.6) is 0 Å². The Morgan fingerprint density at radius 1 is 0.315 bits per heavy atom. The first-order valence-corrected chi connectivity index (χ1v) is 26.3. The number of allylic oxidation sites excluding steroid dienone is 11. The summed E-state index contributed by atoms with van der Waals surface area (Å²) in [6.45, 7) is 41.1. The molecule has 8 bridgehead atoms. The number of fused-ring (bicyclic) bond motifs is 4. The number of aliphatic imine (C=N–C) groups is 4. The van der Waals surface area contributed by atoms with Crippen molar-refractivity contribution in [3.63, 3.8) is 0 Å². The van der Waals surface area contributed by atoms with Crippen LogP contribution >= 0.6 is 0 Å². The summed E-state index contributed by atoms with van der Waals surface area (Å²) in [6.07, 6.45) is 19.4. The lowest BCUT2D eigenvalue weighted by Gasteiger charge is -2.30. The maximum Gasteiger partial charge on any atom is 0.0979 e. The van der Waals surface area contributed by atoms with E-state index in [1.807, 2.05) is 0 Å². The third-order valence-electron chi connectivity index (χ3n) is 14.5. The van der Waals surface area contributed by atoms with Crippen LogP contribution in [0.4, 0.5) is 11.4 Å². The minimum Gasteiger partial charge on any atom is -0.307 e. The lowest BCUT2D eigenvalue weighted by atomic mass is 9.78. The van der Waals surface area contributed by atoms with Crippen molar-refractivity contribution in [1.82, 2.24) is 0 Å². The van der Waals surface area contributed by atoms with Gasteiger partial charge in [0.15, 0.2) is 0 Å². The van der Waals surface area contributed by atoms with Gasteiger partial charge in [-0.3, -0.25) is 0 Å². The molecule has 0 aromatic heterocycles. The minimum absolute atomic E-state index is 0.0228. The molecule has 0 saturated carbocycles. The molecule has 0 amide bonds. The first-order valence-electron chi connectivity index (χ1n) is 26.3. The predicted octanol–water partition coefficient (Wildman–Crippen LogP) is 17.6. The third kappa shape index (κ3) is 10.6. The van der Waals surface area contributed by atoms with E-state index in [0.29, 0.717) is 0 Å². The molecule has 5 heterocycles. The Morgan fingerprint density at radius 3 is 1.11 bits per heavy atom. The molecule has 0 N–H and O–H groups in total. The van der Waals surface area contributed by atoms with Gasteiger partial charge in [0, 0.05) is 22.5 Å². The highest BCUT2D eigenvalue weighted by atomic mass is 15.2. The van der Waals surface area contributed by atoms with E-state index in [2.05, 4.69) is 269 Å². The van der Waals surface area contributed by atoms with Crippen LogP contribution in [0.15, 0.2) is 188 Å². The number of nitrogens with zero attached hydrogens (tertiary/aromatic N) is 5. The third-order valence-corrected chi connectivity index (χ3v) is 14.5. The van der Waals surface area contributed by atoms with Gasteiger partial charge in [-0.25, -0.2) is 20.0 Å². The second-order valence-electron chi connectivity index (χ2n) is 26.7. The fourth-order valence-electron chi connectivity index (χ4n) is 9.73. The summed E-state index contributed by atoms with van der Waals surface area (Å²) in [5.41, 5.74) is 21.0. The number of benzene rings is 4. The molecule has 0 unspecified atom stereocenters. The first-order chi connectivity index (χ1) is 33.9. The molecule has 0 fully saturated rings. The summed E-state index contributed by atoms with van der Waals surface area (Å²) >= 11 is 0. The van der Waals surface area contributed by atoms with Gasteiger partial charge < -0.3 is 4.90 Å². The van der Waals surface area contributed by atoms with Crippen molar-refractivity contribution < 1.29 is 0 Å². The molecule has 5 nitrogen and oxygen atoms in total. The molecule has 5 aliphatic heterocycles. The van der Waals surface area contributed by atoms with Crippen molar-refractivity contribution in [2.45, 2.75) is 157 Å². The average Bonchev–Trinajstić information content (AvgIpc) is 4.14. The highest BCUT2D eigenvalue weighted by Crippen LogP contribution is 2.43. The van der Waals surface area contributed by atoms with Gasteiger partial charge in [0.25, 0.3) is 0 Å². The van der Waals surface area contributed by atoms with Crippen molar-refractivity contribution >= 4 is 45.4 Å². The van der Waals surface area contributed by atoms with E-state index in [1.165, 1.54) is 33.4 Å². The molecule has 374 valence electrons. The lowest BCUT2D eigenvalue weighted by Crippen LogP contribution is -2.24. The number of hydrogen-bond donors (Lipinski definition) is 0. The van der Waals surface area contributed by atoms with Gasteiger partial charge >= 0.3 is 0 Å². The van der Waals surface area contributed by atoms with Crippen LogP contribution in [0.3, 0.4) is 0 Å². The fraction of sp³-hybridized carbons (Fsp3) is 0.353. The predicted molar refractivity (Wildman–Crippen MR) is 315 cm³/mol.